The molecule has 0 heteroatoms. The summed E-state index contributed by atoms with van der Waals surface area (Å²) in [6.45, 7) is 6.66. The van der Waals surface area contributed by atoms with Crippen LogP contribution in [0.25, 0.3) is 0 Å². The fourth-order valence-electron chi connectivity index (χ4n) is 3.95. The molecule has 0 nitrogen and oxygen atoms in total. The summed E-state index contributed by atoms with van der Waals surface area (Å²) in [5, 5.41) is 0. The Balaban J connectivity index is 1.76. The summed E-state index contributed by atoms with van der Waals surface area (Å²) in [4.78, 5) is 0. The predicted molar refractivity (Wildman–Crippen MR) is 122 cm³/mol. The van der Waals surface area contributed by atoms with E-state index in [9.17, 15) is 0 Å². The van der Waals surface area contributed by atoms with Crippen LogP contribution >= 0.6 is 0 Å². The van der Waals surface area contributed by atoms with Crippen LogP contribution in [0.3, 0.4) is 0 Å². The zero-order chi connectivity index (χ0) is 19.8. The molecule has 0 N–H and O–H groups in total. The average Bonchev–Trinajstić information content (AvgIpc) is 2.75. The molecule has 0 unspecified atom stereocenters. The van der Waals surface area contributed by atoms with Gasteiger partial charge in [-0.05, 0) is 77.8 Å². The summed E-state index contributed by atoms with van der Waals surface area (Å²) in [5.41, 5.74) is 8.63. The van der Waals surface area contributed by atoms with E-state index in [0.29, 0.717) is 5.92 Å². The molecule has 0 spiro atoms. The van der Waals surface area contributed by atoms with Crippen molar-refractivity contribution in [2.75, 3.05) is 0 Å². The lowest BCUT2D eigenvalue weighted by molar-refractivity contribution is 0.518. The maximum atomic E-state index is 2.33. The largest absolute Gasteiger partial charge is 0.0613 e. The van der Waals surface area contributed by atoms with Crippen molar-refractivity contribution in [1.29, 1.82) is 0 Å². The van der Waals surface area contributed by atoms with E-state index in [1.165, 1.54) is 33.4 Å². The van der Waals surface area contributed by atoms with Crippen LogP contribution in [0.5, 0.6) is 0 Å². The fraction of sp³-hybridized carbons (Fsp3) is 0.357. The molecule has 3 rings (SSSR count). The van der Waals surface area contributed by atoms with Crippen molar-refractivity contribution in [3.8, 4) is 0 Å². The first-order chi connectivity index (χ1) is 13.7. The molecule has 0 radical (unpaired) electrons. The number of hydrogen-bond acceptors (Lipinski definition) is 0. The van der Waals surface area contributed by atoms with E-state index < -0.39 is 0 Å². The van der Waals surface area contributed by atoms with E-state index in [0.717, 1.165) is 38.5 Å². The molecule has 3 aromatic rings. The molecule has 28 heavy (non-hydrogen) atoms. The predicted octanol–water partition coefficient (Wildman–Crippen LogP) is 7.02. The molecule has 0 amide bonds. The lowest BCUT2D eigenvalue weighted by Crippen LogP contribution is -2.12. The number of rotatable bonds is 9. The molecule has 0 atom stereocenters. The Kier molecular flexibility index (Phi) is 7.48. The number of benzene rings is 3. The van der Waals surface area contributed by atoms with Crippen molar-refractivity contribution >= 4 is 0 Å². The van der Waals surface area contributed by atoms with Gasteiger partial charge in [0.15, 0.2) is 0 Å². The first-order valence-electron chi connectivity index (χ1n) is 10.9. The van der Waals surface area contributed by atoms with Gasteiger partial charge in [0.05, 0.1) is 0 Å². The normalized spacial score (nSPS) is 11.1. The summed E-state index contributed by atoms with van der Waals surface area (Å²) >= 11 is 0. The highest BCUT2D eigenvalue weighted by molar-refractivity contribution is 5.27. The van der Waals surface area contributed by atoms with Gasteiger partial charge in [-0.15, -0.1) is 0 Å². The highest BCUT2D eigenvalue weighted by atomic mass is 14.2. The van der Waals surface area contributed by atoms with Crippen molar-refractivity contribution in [2.24, 2.45) is 5.92 Å². The lowest BCUT2D eigenvalue weighted by atomic mass is 9.86. The van der Waals surface area contributed by atoms with Gasteiger partial charge in [-0.2, -0.15) is 0 Å². The van der Waals surface area contributed by atoms with E-state index in [-0.39, 0.29) is 0 Å². The Morgan fingerprint density at radius 2 is 0.607 bits per heavy atom. The van der Waals surface area contributed by atoms with Crippen LogP contribution in [-0.4, -0.2) is 0 Å². The van der Waals surface area contributed by atoms with Crippen molar-refractivity contribution in [2.45, 2.75) is 59.3 Å². The monoisotopic (exact) mass is 370 g/mol. The first kappa shape index (κ1) is 20.4. The third kappa shape index (κ3) is 5.83. The molecule has 0 aromatic heterocycles. The second-order valence-electron chi connectivity index (χ2n) is 7.99. The number of aryl methyl sites for hydroxylation is 3. The maximum Gasteiger partial charge on any atom is -0.0244 e. The van der Waals surface area contributed by atoms with Crippen LogP contribution in [0, 0.1) is 5.92 Å². The molecule has 0 saturated carbocycles. The van der Waals surface area contributed by atoms with E-state index >= 15 is 0 Å². The molecular formula is C28H34. The zero-order valence-electron chi connectivity index (χ0n) is 17.7. The zero-order valence-corrected chi connectivity index (χ0v) is 17.7. The summed E-state index contributed by atoms with van der Waals surface area (Å²) in [7, 11) is 0. The van der Waals surface area contributed by atoms with Crippen LogP contribution < -0.4 is 0 Å². The molecule has 0 saturated heterocycles. The van der Waals surface area contributed by atoms with Crippen molar-refractivity contribution in [3.05, 3.63) is 106 Å². The minimum atomic E-state index is 0.618. The van der Waals surface area contributed by atoms with E-state index in [1.54, 1.807) is 0 Å². The van der Waals surface area contributed by atoms with Gasteiger partial charge in [0.2, 0.25) is 0 Å². The third-order valence-electron chi connectivity index (χ3n) is 5.87. The topological polar surface area (TPSA) is 0 Å². The van der Waals surface area contributed by atoms with E-state index in [2.05, 4.69) is 93.6 Å². The summed E-state index contributed by atoms with van der Waals surface area (Å²) in [6, 6.07) is 27.7. The van der Waals surface area contributed by atoms with Crippen LogP contribution in [0.2, 0.25) is 0 Å². The second kappa shape index (κ2) is 10.3. The van der Waals surface area contributed by atoms with Gasteiger partial charge < -0.3 is 0 Å². The lowest BCUT2D eigenvalue weighted by Gasteiger charge is -2.18. The van der Waals surface area contributed by atoms with Gasteiger partial charge in [0.25, 0.3) is 0 Å². The molecule has 0 aliphatic rings. The van der Waals surface area contributed by atoms with E-state index in [4.69, 9.17) is 0 Å². The molecule has 0 aliphatic carbocycles. The Morgan fingerprint density at radius 1 is 0.393 bits per heavy atom. The third-order valence-corrected chi connectivity index (χ3v) is 5.87. The molecule has 0 fully saturated rings. The number of hydrogen-bond donors (Lipinski definition) is 0. The van der Waals surface area contributed by atoms with Gasteiger partial charge in [-0.3, -0.25) is 0 Å². The fourth-order valence-corrected chi connectivity index (χ4v) is 3.95. The Labute approximate surface area is 171 Å². The Morgan fingerprint density at radius 3 is 0.821 bits per heavy atom. The van der Waals surface area contributed by atoms with Crippen LogP contribution in [0.4, 0.5) is 0 Å². The van der Waals surface area contributed by atoms with Crippen molar-refractivity contribution < 1.29 is 0 Å². The van der Waals surface area contributed by atoms with Gasteiger partial charge in [0.1, 0.15) is 0 Å². The Hall–Kier alpha value is -2.34. The maximum absolute atomic E-state index is 2.33. The highest BCUT2D eigenvalue weighted by Gasteiger charge is 2.13. The Bertz CT molecular complexity index is 705. The van der Waals surface area contributed by atoms with Crippen LogP contribution in [-0.2, 0) is 38.5 Å². The minimum absolute atomic E-state index is 0.618. The SMILES string of the molecule is CCc1ccc(CC(Cc2ccc(CC)cc2)Cc2ccc(CC)cc2)cc1. The van der Waals surface area contributed by atoms with Gasteiger partial charge >= 0.3 is 0 Å². The quantitative estimate of drug-likeness (QED) is 0.380. The summed E-state index contributed by atoms with van der Waals surface area (Å²) in [6.07, 6.45) is 6.73. The molecule has 0 heterocycles. The van der Waals surface area contributed by atoms with Gasteiger partial charge in [0, 0.05) is 0 Å². The van der Waals surface area contributed by atoms with Crippen molar-refractivity contribution in [3.63, 3.8) is 0 Å². The first-order valence-corrected chi connectivity index (χ1v) is 10.9. The minimum Gasteiger partial charge on any atom is -0.0613 e. The van der Waals surface area contributed by atoms with Crippen LogP contribution in [0.1, 0.15) is 54.2 Å². The standard InChI is InChI=1S/C28H34/c1-4-22-7-13-25(14-8-22)19-28(20-26-15-9-23(5-2)10-16-26)21-27-17-11-24(6-3)12-18-27/h7-18,28H,4-6,19-21H2,1-3H3. The molecule has 3 aromatic carbocycles. The molecule has 146 valence electrons. The highest BCUT2D eigenvalue weighted by Crippen LogP contribution is 2.21. The van der Waals surface area contributed by atoms with Gasteiger partial charge in [-0.25, -0.2) is 0 Å². The summed E-state index contributed by atoms with van der Waals surface area (Å²) < 4.78 is 0. The average molecular weight is 371 g/mol. The molecular weight excluding hydrogens is 336 g/mol. The molecule has 0 bridgehead atoms. The second-order valence-corrected chi connectivity index (χ2v) is 7.99. The smallest absolute Gasteiger partial charge is 0.0244 e. The van der Waals surface area contributed by atoms with Gasteiger partial charge in [-0.1, -0.05) is 93.6 Å². The van der Waals surface area contributed by atoms with Crippen LogP contribution in [0.15, 0.2) is 72.8 Å². The summed E-state index contributed by atoms with van der Waals surface area (Å²) in [5.74, 6) is 0.618. The molecule has 0 aliphatic heterocycles. The van der Waals surface area contributed by atoms with E-state index in [1.807, 2.05) is 0 Å². The van der Waals surface area contributed by atoms with Crippen molar-refractivity contribution in [1.82, 2.24) is 0 Å².